The Morgan fingerprint density at radius 3 is 2.50 bits per heavy atom. The van der Waals surface area contributed by atoms with Gasteiger partial charge in [-0.15, -0.1) is 5.10 Å². The number of nitrogens with zero attached hydrogens (tertiary/aromatic N) is 5. The molecular weight excluding hydrogens is 434 g/mol. The van der Waals surface area contributed by atoms with Crippen molar-refractivity contribution in [3.8, 4) is 11.6 Å². The minimum atomic E-state index is -3.77. The monoisotopic (exact) mass is 459 g/mol. The van der Waals surface area contributed by atoms with Crippen LogP contribution in [0.5, 0.6) is 5.75 Å². The van der Waals surface area contributed by atoms with E-state index in [9.17, 15) is 8.42 Å². The number of ether oxygens (including phenoxy) is 1. The van der Waals surface area contributed by atoms with E-state index in [1.54, 1.807) is 12.1 Å². The number of hydrogen-bond acceptors (Lipinski definition) is 10. The summed E-state index contributed by atoms with van der Waals surface area (Å²) in [6.07, 6.45) is 7.18. The molecule has 0 bridgehead atoms. The van der Waals surface area contributed by atoms with Gasteiger partial charge >= 0.3 is 0 Å². The zero-order chi connectivity index (χ0) is 22.7. The Kier molecular flexibility index (Phi) is 6.10. The fraction of sp³-hybridized carbons (Fsp3) is 0.368. The third kappa shape index (κ3) is 4.73. The molecule has 3 aromatic rings. The maximum atomic E-state index is 11.4. The minimum absolute atomic E-state index is 0.00442. The topological polar surface area (TPSA) is 176 Å². The molecule has 1 fully saturated rings. The summed E-state index contributed by atoms with van der Waals surface area (Å²) in [5.41, 5.74) is 6.64. The Bertz CT molecular complexity index is 1190. The molecule has 6 N–H and O–H groups in total. The third-order valence-electron chi connectivity index (χ3n) is 5.21. The molecule has 0 atom stereocenters. The van der Waals surface area contributed by atoms with E-state index >= 15 is 0 Å². The van der Waals surface area contributed by atoms with Gasteiger partial charge in [-0.1, -0.05) is 19.3 Å². The van der Waals surface area contributed by atoms with Gasteiger partial charge in [0, 0.05) is 11.7 Å². The second-order valence-electron chi connectivity index (χ2n) is 7.46. The summed E-state index contributed by atoms with van der Waals surface area (Å²) in [7, 11) is -2.24. The van der Waals surface area contributed by atoms with E-state index in [1.165, 1.54) is 49.5 Å². The Balaban J connectivity index is 1.58. The predicted octanol–water partition coefficient (Wildman–Crippen LogP) is 1.78. The van der Waals surface area contributed by atoms with E-state index in [0.29, 0.717) is 29.1 Å². The average Bonchev–Trinajstić information content (AvgIpc) is 3.13. The first-order valence-electron chi connectivity index (χ1n) is 10.1. The number of sulfonamides is 1. The summed E-state index contributed by atoms with van der Waals surface area (Å²) in [6, 6.07) is 6.19. The highest BCUT2D eigenvalue weighted by Gasteiger charge is 2.21. The third-order valence-corrected chi connectivity index (χ3v) is 6.14. The van der Waals surface area contributed by atoms with Crippen LogP contribution < -0.4 is 26.2 Å². The summed E-state index contributed by atoms with van der Waals surface area (Å²) >= 11 is 0. The summed E-state index contributed by atoms with van der Waals surface area (Å²) < 4.78 is 29.7. The van der Waals surface area contributed by atoms with Gasteiger partial charge < -0.3 is 21.1 Å². The van der Waals surface area contributed by atoms with Crippen LogP contribution in [0.25, 0.3) is 5.82 Å². The SMILES string of the molecule is COc1c(NC2CCCCC2)ncnc1-n1nc(Nc2ccc(S(N)(=O)=O)cc2)nc1N. The summed E-state index contributed by atoms with van der Waals surface area (Å²) in [4.78, 5) is 12.8. The first kappa shape index (κ1) is 21.8. The number of methoxy groups -OCH3 is 1. The lowest BCUT2D eigenvalue weighted by Gasteiger charge is -2.24. The van der Waals surface area contributed by atoms with Gasteiger partial charge in [0.1, 0.15) is 6.33 Å². The standard InChI is InChI=1S/C19H25N9O3S/c1-31-15-16(24-12-5-3-2-4-6-12)22-11-23-17(15)28-18(20)26-19(27-28)25-13-7-9-14(10-8-13)32(21,29)30/h7-12H,2-6H2,1H3,(H2,21,29,30)(H,22,23,24)(H3,20,25,26,27). The van der Waals surface area contributed by atoms with Gasteiger partial charge in [-0.3, -0.25) is 0 Å². The first-order chi connectivity index (χ1) is 15.3. The number of anilines is 4. The molecule has 1 aliphatic carbocycles. The molecule has 0 aliphatic heterocycles. The van der Waals surface area contributed by atoms with Crippen LogP contribution in [0.4, 0.5) is 23.4 Å². The highest BCUT2D eigenvalue weighted by Crippen LogP contribution is 2.31. The summed E-state index contributed by atoms with van der Waals surface area (Å²) in [5.74, 6) is 1.64. The van der Waals surface area contributed by atoms with E-state index in [4.69, 9.17) is 15.6 Å². The van der Waals surface area contributed by atoms with Gasteiger partial charge in [0.05, 0.1) is 12.0 Å². The van der Waals surface area contributed by atoms with E-state index in [-0.39, 0.29) is 16.8 Å². The van der Waals surface area contributed by atoms with Gasteiger partial charge in [0.15, 0.2) is 5.82 Å². The maximum absolute atomic E-state index is 11.4. The number of benzene rings is 1. The number of nitrogens with one attached hydrogen (secondary N) is 2. The molecule has 0 saturated heterocycles. The smallest absolute Gasteiger partial charge is 0.248 e. The number of primary sulfonamides is 1. The van der Waals surface area contributed by atoms with Crippen molar-refractivity contribution in [1.82, 2.24) is 24.7 Å². The van der Waals surface area contributed by atoms with Crippen LogP contribution in [0.2, 0.25) is 0 Å². The molecule has 1 saturated carbocycles. The fourth-order valence-corrected chi connectivity index (χ4v) is 4.15. The zero-order valence-electron chi connectivity index (χ0n) is 17.5. The average molecular weight is 460 g/mol. The molecule has 1 aromatic carbocycles. The molecular formula is C19H25N9O3S. The normalized spacial score (nSPS) is 14.8. The molecule has 32 heavy (non-hydrogen) atoms. The highest BCUT2D eigenvalue weighted by atomic mass is 32.2. The second kappa shape index (κ2) is 8.96. The second-order valence-corrected chi connectivity index (χ2v) is 9.02. The van der Waals surface area contributed by atoms with Gasteiger partial charge in [-0.25, -0.2) is 23.5 Å². The predicted molar refractivity (Wildman–Crippen MR) is 120 cm³/mol. The highest BCUT2D eigenvalue weighted by molar-refractivity contribution is 7.89. The van der Waals surface area contributed by atoms with Gasteiger partial charge in [-0.05, 0) is 37.1 Å². The van der Waals surface area contributed by atoms with Crippen molar-refractivity contribution in [2.24, 2.45) is 5.14 Å². The number of nitrogens with two attached hydrogens (primary N) is 2. The fourth-order valence-electron chi connectivity index (χ4n) is 3.64. The van der Waals surface area contributed by atoms with Crippen molar-refractivity contribution in [2.75, 3.05) is 23.5 Å². The maximum Gasteiger partial charge on any atom is 0.248 e. The van der Waals surface area contributed by atoms with Crippen molar-refractivity contribution in [2.45, 2.75) is 43.0 Å². The number of nitrogen functional groups attached to an aromatic ring is 1. The lowest BCUT2D eigenvalue weighted by atomic mass is 9.95. The molecule has 2 heterocycles. The Morgan fingerprint density at radius 1 is 1.12 bits per heavy atom. The first-order valence-corrected chi connectivity index (χ1v) is 11.7. The van der Waals surface area contributed by atoms with Crippen molar-refractivity contribution in [1.29, 1.82) is 0 Å². The van der Waals surface area contributed by atoms with Crippen LogP contribution in [-0.4, -0.2) is 46.3 Å². The van der Waals surface area contributed by atoms with Crippen molar-refractivity contribution in [3.63, 3.8) is 0 Å². The molecule has 12 nitrogen and oxygen atoms in total. The molecule has 13 heteroatoms. The van der Waals surface area contributed by atoms with E-state index in [0.717, 1.165) is 12.8 Å². The van der Waals surface area contributed by atoms with Crippen LogP contribution in [0.3, 0.4) is 0 Å². The van der Waals surface area contributed by atoms with Crippen molar-refractivity contribution >= 4 is 33.4 Å². The summed E-state index contributed by atoms with van der Waals surface area (Å²) in [6.45, 7) is 0. The molecule has 1 aliphatic rings. The number of rotatable bonds is 7. The number of aromatic nitrogens is 5. The van der Waals surface area contributed by atoms with Crippen molar-refractivity contribution < 1.29 is 13.2 Å². The Morgan fingerprint density at radius 2 is 1.84 bits per heavy atom. The van der Waals surface area contributed by atoms with Gasteiger partial charge in [0.2, 0.25) is 33.5 Å². The molecule has 4 rings (SSSR count). The minimum Gasteiger partial charge on any atom is -0.490 e. The molecule has 0 amide bonds. The zero-order valence-corrected chi connectivity index (χ0v) is 18.3. The van der Waals surface area contributed by atoms with Crippen LogP contribution in [0.15, 0.2) is 35.5 Å². The van der Waals surface area contributed by atoms with E-state index in [2.05, 4.69) is 30.7 Å². The number of hydrogen-bond donors (Lipinski definition) is 4. The Hall–Kier alpha value is -3.45. The van der Waals surface area contributed by atoms with Crippen LogP contribution in [0, 0.1) is 0 Å². The van der Waals surface area contributed by atoms with Crippen LogP contribution >= 0.6 is 0 Å². The van der Waals surface area contributed by atoms with Gasteiger partial charge in [-0.2, -0.15) is 9.67 Å². The quantitative estimate of drug-likeness (QED) is 0.407. The lowest BCUT2D eigenvalue weighted by Crippen LogP contribution is -2.23. The molecule has 0 radical (unpaired) electrons. The van der Waals surface area contributed by atoms with Crippen LogP contribution in [-0.2, 0) is 10.0 Å². The molecule has 0 spiro atoms. The van der Waals surface area contributed by atoms with Crippen molar-refractivity contribution in [3.05, 3.63) is 30.6 Å². The summed E-state index contributed by atoms with van der Waals surface area (Å²) in [5, 5.41) is 15.9. The molecule has 170 valence electrons. The largest absolute Gasteiger partial charge is 0.490 e. The van der Waals surface area contributed by atoms with E-state index in [1.807, 2.05) is 0 Å². The Labute approximate surface area is 185 Å². The van der Waals surface area contributed by atoms with Crippen LogP contribution in [0.1, 0.15) is 32.1 Å². The van der Waals surface area contributed by atoms with E-state index < -0.39 is 10.0 Å². The molecule has 0 unspecified atom stereocenters. The lowest BCUT2D eigenvalue weighted by molar-refractivity contribution is 0.405. The van der Waals surface area contributed by atoms with Gasteiger partial charge in [0.25, 0.3) is 0 Å². The molecule has 2 aromatic heterocycles.